The molecule has 1 aromatic carbocycles. The van der Waals surface area contributed by atoms with Gasteiger partial charge in [-0.05, 0) is 40.1 Å². The van der Waals surface area contributed by atoms with Gasteiger partial charge in [0.2, 0.25) is 0 Å². The molecule has 2 aromatic rings. The Hall–Kier alpha value is -0.620. The molecule has 0 amide bonds. The molecular formula is C9H6INOS. The van der Waals surface area contributed by atoms with E-state index in [0.29, 0.717) is 11.3 Å². The molecule has 0 fully saturated rings. The molecule has 0 aliphatic heterocycles. The summed E-state index contributed by atoms with van der Waals surface area (Å²) in [5.74, 6) is 0. The Labute approximate surface area is 92.9 Å². The van der Waals surface area contributed by atoms with Gasteiger partial charge in [0.05, 0.1) is 0 Å². The highest BCUT2D eigenvalue weighted by molar-refractivity contribution is 14.1. The van der Waals surface area contributed by atoms with Crippen molar-refractivity contribution in [3.05, 3.63) is 26.6 Å². The van der Waals surface area contributed by atoms with Gasteiger partial charge >= 0.3 is 0 Å². The Balaban J connectivity index is 2.95. The number of carbonyl (C=O) groups is 1. The highest BCUT2D eigenvalue weighted by atomic mass is 127. The van der Waals surface area contributed by atoms with Crippen LogP contribution in [-0.2, 0) is 0 Å². The average molecular weight is 303 g/mol. The van der Waals surface area contributed by atoms with Gasteiger partial charge in [0.1, 0.15) is 0 Å². The van der Waals surface area contributed by atoms with Crippen LogP contribution in [0.4, 0.5) is 5.69 Å². The maximum Gasteiger partial charge on any atom is 0.151 e. The summed E-state index contributed by atoms with van der Waals surface area (Å²) in [4.78, 5) is 10.7. The molecule has 0 spiro atoms. The van der Waals surface area contributed by atoms with Gasteiger partial charge < -0.3 is 5.73 Å². The van der Waals surface area contributed by atoms with Crippen LogP contribution in [0, 0.1) is 3.57 Å². The highest BCUT2D eigenvalue weighted by Gasteiger charge is 2.08. The smallest absolute Gasteiger partial charge is 0.151 e. The zero-order valence-corrected chi connectivity index (χ0v) is 9.56. The zero-order valence-electron chi connectivity index (χ0n) is 6.58. The Morgan fingerprint density at radius 3 is 3.00 bits per heavy atom. The van der Waals surface area contributed by atoms with Gasteiger partial charge in [-0.15, -0.1) is 11.3 Å². The molecule has 1 aromatic heterocycles. The average Bonchev–Trinajstić information content (AvgIpc) is 2.60. The SMILES string of the molecule is Nc1cc(C=O)c2sccc2c1I. The number of nitrogen functional groups attached to an aromatic ring is 1. The van der Waals surface area contributed by atoms with Gasteiger partial charge in [-0.25, -0.2) is 0 Å². The van der Waals surface area contributed by atoms with Crippen molar-refractivity contribution in [3.8, 4) is 0 Å². The molecule has 4 heteroatoms. The molecular weight excluding hydrogens is 297 g/mol. The van der Waals surface area contributed by atoms with Crippen molar-refractivity contribution < 1.29 is 4.79 Å². The van der Waals surface area contributed by atoms with Gasteiger partial charge in [0.15, 0.2) is 6.29 Å². The summed E-state index contributed by atoms with van der Waals surface area (Å²) in [6, 6.07) is 3.72. The quantitative estimate of drug-likeness (QED) is 0.500. The standard InChI is InChI=1S/C9H6INOS/c10-8-6-1-2-13-9(6)5(4-12)3-7(8)11/h1-4H,11H2. The number of aldehydes is 1. The minimum atomic E-state index is 0.675. The summed E-state index contributed by atoms with van der Waals surface area (Å²) >= 11 is 3.77. The molecule has 0 aliphatic carbocycles. The van der Waals surface area contributed by atoms with Gasteiger partial charge in [-0.3, -0.25) is 4.79 Å². The van der Waals surface area contributed by atoms with Gasteiger partial charge in [0.25, 0.3) is 0 Å². The van der Waals surface area contributed by atoms with Crippen LogP contribution in [0.2, 0.25) is 0 Å². The third-order valence-corrected chi connectivity index (χ3v) is 4.02. The molecule has 2 rings (SSSR count). The fraction of sp³-hybridized carbons (Fsp3) is 0. The van der Waals surface area contributed by atoms with Crippen LogP contribution in [0.25, 0.3) is 10.1 Å². The van der Waals surface area contributed by atoms with Crippen molar-refractivity contribution in [2.24, 2.45) is 0 Å². The van der Waals surface area contributed by atoms with E-state index < -0.39 is 0 Å². The fourth-order valence-corrected chi connectivity index (χ4v) is 2.91. The number of halogens is 1. The van der Waals surface area contributed by atoms with Crippen LogP contribution in [0.1, 0.15) is 10.4 Å². The number of thiophene rings is 1. The number of hydrogen-bond acceptors (Lipinski definition) is 3. The van der Waals surface area contributed by atoms with Crippen LogP contribution in [0.5, 0.6) is 0 Å². The fourth-order valence-electron chi connectivity index (χ4n) is 1.25. The summed E-state index contributed by atoms with van der Waals surface area (Å²) in [6.45, 7) is 0. The number of benzene rings is 1. The Bertz CT molecular complexity index is 478. The lowest BCUT2D eigenvalue weighted by Crippen LogP contribution is -1.92. The molecule has 0 atom stereocenters. The van der Waals surface area contributed by atoms with E-state index in [2.05, 4.69) is 22.6 Å². The number of carbonyl (C=O) groups excluding carboxylic acids is 1. The monoisotopic (exact) mass is 303 g/mol. The zero-order chi connectivity index (χ0) is 9.42. The molecule has 2 N–H and O–H groups in total. The van der Waals surface area contributed by atoms with Crippen LogP contribution in [-0.4, -0.2) is 6.29 Å². The molecule has 0 unspecified atom stereocenters. The first-order chi connectivity index (χ1) is 6.24. The summed E-state index contributed by atoms with van der Waals surface area (Å²) in [7, 11) is 0. The lowest BCUT2D eigenvalue weighted by molar-refractivity contribution is 0.112. The van der Waals surface area contributed by atoms with Gasteiger partial charge in [-0.2, -0.15) is 0 Å². The van der Waals surface area contributed by atoms with Crippen LogP contribution in [0.15, 0.2) is 17.5 Å². The Kier molecular flexibility index (Phi) is 2.25. The summed E-state index contributed by atoms with van der Waals surface area (Å²) < 4.78 is 2.05. The molecule has 0 bridgehead atoms. The second-order valence-corrected chi connectivity index (χ2v) is 4.65. The number of rotatable bonds is 1. The molecule has 66 valence electrons. The molecule has 0 saturated carbocycles. The van der Waals surface area contributed by atoms with E-state index in [1.807, 2.05) is 11.4 Å². The molecule has 0 radical (unpaired) electrons. The van der Waals surface area contributed by atoms with E-state index in [4.69, 9.17) is 5.73 Å². The van der Waals surface area contributed by atoms with E-state index in [1.165, 1.54) is 0 Å². The van der Waals surface area contributed by atoms with Crippen molar-refractivity contribution in [1.82, 2.24) is 0 Å². The maximum atomic E-state index is 10.7. The first-order valence-electron chi connectivity index (χ1n) is 3.64. The Morgan fingerprint density at radius 1 is 1.54 bits per heavy atom. The molecule has 2 nitrogen and oxygen atoms in total. The lowest BCUT2D eigenvalue weighted by atomic mass is 10.1. The predicted octanol–water partition coefficient (Wildman–Crippen LogP) is 2.90. The lowest BCUT2D eigenvalue weighted by Gasteiger charge is -2.01. The van der Waals surface area contributed by atoms with Crippen LogP contribution in [0.3, 0.4) is 0 Å². The maximum absolute atomic E-state index is 10.7. The van der Waals surface area contributed by atoms with Crippen LogP contribution < -0.4 is 5.73 Å². The van der Waals surface area contributed by atoms with Crippen molar-refractivity contribution in [1.29, 1.82) is 0 Å². The predicted molar refractivity (Wildman–Crippen MR) is 64.3 cm³/mol. The van der Waals surface area contributed by atoms with Crippen molar-refractivity contribution in [3.63, 3.8) is 0 Å². The first kappa shape index (κ1) is 8.96. The molecule has 0 saturated heterocycles. The molecule has 0 aliphatic rings. The van der Waals surface area contributed by atoms with Crippen molar-refractivity contribution >= 4 is 56.0 Å². The van der Waals surface area contributed by atoms with Crippen molar-refractivity contribution in [2.75, 3.05) is 5.73 Å². The minimum absolute atomic E-state index is 0.675. The van der Waals surface area contributed by atoms with E-state index in [0.717, 1.165) is 19.9 Å². The summed E-state index contributed by atoms with van der Waals surface area (Å²) in [5.41, 5.74) is 7.12. The number of hydrogen-bond donors (Lipinski definition) is 1. The largest absolute Gasteiger partial charge is 0.398 e. The number of anilines is 1. The second-order valence-electron chi connectivity index (χ2n) is 2.65. The van der Waals surface area contributed by atoms with E-state index >= 15 is 0 Å². The number of nitrogens with two attached hydrogens (primary N) is 1. The Morgan fingerprint density at radius 2 is 2.31 bits per heavy atom. The van der Waals surface area contributed by atoms with E-state index in [9.17, 15) is 4.79 Å². The third-order valence-electron chi connectivity index (χ3n) is 1.86. The summed E-state index contributed by atoms with van der Waals surface area (Å²) in [6.07, 6.45) is 0.852. The topological polar surface area (TPSA) is 43.1 Å². The van der Waals surface area contributed by atoms with Crippen LogP contribution >= 0.6 is 33.9 Å². The second kappa shape index (κ2) is 3.26. The third kappa shape index (κ3) is 1.34. The summed E-state index contributed by atoms with van der Waals surface area (Å²) in [5, 5.41) is 3.05. The minimum Gasteiger partial charge on any atom is -0.398 e. The van der Waals surface area contributed by atoms with Crippen molar-refractivity contribution in [2.45, 2.75) is 0 Å². The first-order valence-corrected chi connectivity index (χ1v) is 5.60. The normalized spacial score (nSPS) is 10.5. The van der Waals surface area contributed by atoms with Gasteiger partial charge in [-0.1, -0.05) is 0 Å². The highest BCUT2D eigenvalue weighted by Crippen LogP contribution is 2.32. The van der Waals surface area contributed by atoms with Gasteiger partial charge in [0, 0.05) is 24.9 Å². The van der Waals surface area contributed by atoms with E-state index in [-0.39, 0.29) is 0 Å². The molecule has 1 heterocycles. The molecule has 13 heavy (non-hydrogen) atoms. The number of fused-ring (bicyclic) bond motifs is 1. The van der Waals surface area contributed by atoms with E-state index in [1.54, 1.807) is 17.4 Å².